The Labute approximate surface area is 148 Å². The first-order valence-electron chi connectivity index (χ1n) is 8.83. The van der Waals surface area contributed by atoms with Crippen LogP contribution in [0.5, 0.6) is 0 Å². The number of hydrogen-bond acceptors (Lipinski definition) is 3. The average Bonchev–Trinajstić information content (AvgIpc) is 3.09. The molecule has 2 aliphatic heterocycles. The third-order valence-electron chi connectivity index (χ3n) is 5.21. The van der Waals surface area contributed by atoms with Gasteiger partial charge in [0.05, 0.1) is 23.4 Å². The molecule has 2 aliphatic rings. The van der Waals surface area contributed by atoms with Gasteiger partial charge in [-0.05, 0) is 49.8 Å². The minimum absolute atomic E-state index is 0.00321. The van der Waals surface area contributed by atoms with Crippen LogP contribution in [0.3, 0.4) is 0 Å². The molecule has 6 heteroatoms. The van der Waals surface area contributed by atoms with Crippen LogP contribution < -0.4 is 10.2 Å². The lowest BCUT2D eigenvalue weighted by molar-refractivity contribution is 0.0811. The monoisotopic (exact) mass is 351 g/mol. The molecule has 0 spiro atoms. The molecule has 2 fully saturated rings. The number of halogens is 1. The molecule has 0 bridgehead atoms. The number of rotatable bonds is 3. The predicted molar refractivity (Wildman–Crippen MR) is 97.9 cm³/mol. The number of aliphatic hydroxyl groups excluding tert-OH is 1. The standard InChI is InChI=1S/C18H26ClN3O2/c1-13-5-4-10-22(17(13)12-23)18(24)20-14-6-7-16(15(19)11-14)21-8-2-3-9-21/h6-7,11,13,17,23H,2-5,8-10,12H2,1H3,(H,20,24)/t13-,17-/m1/s1. The number of anilines is 2. The number of likely N-dealkylation sites (tertiary alicyclic amines) is 1. The highest BCUT2D eigenvalue weighted by atomic mass is 35.5. The van der Waals surface area contributed by atoms with E-state index in [0.717, 1.165) is 31.6 Å². The van der Waals surface area contributed by atoms with E-state index in [9.17, 15) is 9.90 Å². The Morgan fingerprint density at radius 2 is 2.04 bits per heavy atom. The number of nitrogens with zero attached hydrogens (tertiary/aromatic N) is 2. The van der Waals surface area contributed by atoms with Crippen molar-refractivity contribution < 1.29 is 9.90 Å². The Kier molecular flexibility index (Phi) is 5.51. The lowest BCUT2D eigenvalue weighted by atomic mass is 9.91. The number of nitrogens with one attached hydrogen (secondary N) is 1. The Morgan fingerprint density at radius 1 is 1.29 bits per heavy atom. The summed E-state index contributed by atoms with van der Waals surface area (Å²) in [5.41, 5.74) is 1.73. The minimum atomic E-state index is -0.161. The Morgan fingerprint density at radius 3 is 2.71 bits per heavy atom. The van der Waals surface area contributed by atoms with E-state index < -0.39 is 0 Å². The molecule has 5 nitrogen and oxygen atoms in total. The number of amides is 2. The van der Waals surface area contributed by atoms with Crippen LogP contribution in [-0.4, -0.2) is 48.3 Å². The number of carbonyl (C=O) groups excluding carboxylic acids is 1. The fraction of sp³-hybridized carbons (Fsp3) is 0.611. The molecule has 3 rings (SSSR count). The first-order chi connectivity index (χ1) is 11.6. The van der Waals surface area contributed by atoms with Crippen molar-refractivity contribution >= 4 is 29.0 Å². The van der Waals surface area contributed by atoms with E-state index in [1.54, 1.807) is 4.90 Å². The fourth-order valence-electron chi connectivity index (χ4n) is 3.77. The third kappa shape index (κ3) is 3.62. The highest BCUT2D eigenvalue weighted by molar-refractivity contribution is 6.33. The van der Waals surface area contributed by atoms with Gasteiger partial charge in [0.2, 0.25) is 0 Å². The van der Waals surface area contributed by atoms with Gasteiger partial charge in [-0.25, -0.2) is 4.79 Å². The molecule has 0 radical (unpaired) electrons. The van der Waals surface area contributed by atoms with Crippen LogP contribution in [0, 0.1) is 5.92 Å². The maximum absolute atomic E-state index is 12.6. The molecule has 2 saturated heterocycles. The smallest absolute Gasteiger partial charge is 0.322 e. The van der Waals surface area contributed by atoms with E-state index in [4.69, 9.17) is 11.6 Å². The van der Waals surface area contributed by atoms with Crippen LogP contribution in [0.25, 0.3) is 0 Å². The van der Waals surface area contributed by atoms with Gasteiger partial charge < -0.3 is 20.2 Å². The second kappa shape index (κ2) is 7.62. The zero-order valence-electron chi connectivity index (χ0n) is 14.2. The van der Waals surface area contributed by atoms with Crippen LogP contribution in [0.2, 0.25) is 5.02 Å². The van der Waals surface area contributed by atoms with Gasteiger partial charge in [-0.3, -0.25) is 0 Å². The average molecular weight is 352 g/mol. The van der Waals surface area contributed by atoms with Crippen molar-refractivity contribution in [1.29, 1.82) is 0 Å². The summed E-state index contributed by atoms with van der Waals surface area (Å²) < 4.78 is 0. The molecule has 2 heterocycles. The molecule has 2 N–H and O–H groups in total. The SMILES string of the molecule is C[C@@H]1CCCN(C(=O)Nc2ccc(N3CCCC3)c(Cl)c2)[C@@H]1CO. The van der Waals surface area contributed by atoms with Gasteiger partial charge in [0.15, 0.2) is 0 Å². The van der Waals surface area contributed by atoms with E-state index in [-0.39, 0.29) is 18.7 Å². The van der Waals surface area contributed by atoms with Crippen LogP contribution >= 0.6 is 11.6 Å². The molecule has 132 valence electrons. The fourth-order valence-corrected chi connectivity index (χ4v) is 4.07. The summed E-state index contributed by atoms with van der Waals surface area (Å²) in [5, 5.41) is 13.2. The van der Waals surface area contributed by atoms with Gasteiger partial charge in [-0.1, -0.05) is 18.5 Å². The molecule has 2 atom stereocenters. The molecule has 0 unspecified atom stereocenters. The maximum atomic E-state index is 12.6. The topological polar surface area (TPSA) is 55.8 Å². The molecule has 2 amide bonds. The molecule has 1 aromatic rings. The molecular formula is C18H26ClN3O2. The second-order valence-electron chi connectivity index (χ2n) is 6.85. The maximum Gasteiger partial charge on any atom is 0.322 e. The van der Waals surface area contributed by atoms with Gasteiger partial charge in [0, 0.05) is 25.3 Å². The summed E-state index contributed by atoms with van der Waals surface area (Å²) in [4.78, 5) is 16.6. The Balaban J connectivity index is 1.68. The van der Waals surface area contributed by atoms with E-state index in [1.165, 1.54) is 12.8 Å². The number of benzene rings is 1. The number of piperidine rings is 1. The lowest BCUT2D eigenvalue weighted by Crippen LogP contribution is -2.51. The predicted octanol–water partition coefficient (Wildman–Crippen LogP) is 3.56. The van der Waals surface area contributed by atoms with Crippen molar-refractivity contribution in [2.24, 2.45) is 5.92 Å². The zero-order chi connectivity index (χ0) is 17.1. The zero-order valence-corrected chi connectivity index (χ0v) is 14.9. The summed E-state index contributed by atoms with van der Waals surface area (Å²) in [6, 6.07) is 5.42. The van der Waals surface area contributed by atoms with E-state index >= 15 is 0 Å². The van der Waals surface area contributed by atoms with Crippen molar-refractivity contribution in [1.82, 2.24) is 4.90 Å². The van der Waals surface area contributed by atoms with E-state index in [2.05, 4.69) is 17.1 Å². The van der Waals surface area contributed by atoms with Gasteiger partial charge in [-0.2, -0.15) is 0 Å². The number of hydrogen-bond donors (Lipinski definition) is 2. The van der Waals surface area contributed by atoms with Gasteiger partial charge in [-0.15, -0.1) is 0 Å². The van der Waals surface area contributed by atoms with Crippen LogP contribution in [0.4, 0.5) is 16.2 Å². The first kappa shape index (κ1) is 17.4. The molecule has 0 saturated carbocycles. The quantitative estimate of drug-likeness (QED) is 0.875. The highest BCUT2D eigenvalue weighted by Gasteiger charge is 2.31. The van der Waals surface area contributed by atoms with Crippen LogP contribution in [-0.2, 0) is 0 Å². The summed E-state index contributed by atoms with van der Waals surface area (Å²) in [7, 11) is 0. The Bertz CT molecular complexity index is 590. The van der Waals surface area contributed by atoms with Crippen molar-refractivity contribution in [3.8, 4) is 0 Å². The minimum Gasteiger partial charge on any atom is -0.394 e. The van der Waals surface area contributed by atoms with Gasteiger partial charge in [0.25, 0.3) is 0 Å². The van der Waals surface area contributed by atoms with Crippen LogP contribution in [0.1, 0.15) is 32.6 Å². The number of carbonyl (C=O) groups is 1. The van der Waals surface area contributed by atoms with Gasteiger partial charge >= 0.3 is 6.03 Å². The summed E-state index contributed by atoms with van der Waals surface area (Å²) in [5.74, 6) is 0.315. The molecule has 0 aliphatic carbocycles. The molecule has 24 heavy (non-hydrogen) atoms. The van der Waals surface area contributed by atoms with E-state index in [1.807, 2.05) is 18.2 Å². The third-order valence-corrected chi connectivity index (χ3v) is 5.51. The van der Waals surface area contributed by atoms with E-state index in [0.29, 0.717) is 23.2 Å². The van der Waals surface area contributed by atoms with Gasteiger partial charge in [0.1, 0.15) is 0 Å². The van der Waals surface area contributed by atoms with Crippen molar-refractivity contribution in [2.45, 2.75) is 38.6 Å². The molecule has 0 aromatic heterocycles. The first-order valence-corrected chi connectivity index (χ1v) is 9.21. The summed E-state index contributed by atoms with van der Waals surface area (Å²) in [6.07, 6.45) is 4.42. The summed E-state index contributed by atoms with van der Waals surface area (Å²) in [6.45, 7) is 4.84. The Hall–Kier alpha value is -1.46. The highest BCUT2D eigenvalue weighted by Crippen LogP contribution is 2.31. The van der Waals surface area contributed by atoms with Crippen molar-refractivity contribution in [2.75, 3.05) is 36.5 Å². The largest absolute Gasteiger partial charge is 0.394 e. The number of urea groups is 1. The van der Waals surface area contributed by atoms with Crippen molar-refractivity contribution in [3.63, 3.8) is 0 Å². The lowest BCUT2D eigenvalue weighted by Gasteiger charge is -2.38. The number of aliphatic hydroxyl groups is 1. The summed E-state index contributed by atoms with van der Waals surface area (Å²) >= 11 is 6.41. The molecular weight excluding hydrogens is 326 g/mol. The normalized spacial score (nSPS) is 24.3. The van der Waals surface area contributed by atoms with Crippen molar-refractivity contribution in [3.05, 3.63) is 23.2 Å². The second-order valence-corrected chi connectivity index (χ2v) is 7.26. The van der Waals surface area contributed by atoms with Crippen LogP contribution in [0.15, 0.2) is 18.2 Å². The molecule has 1 aromatic carbocycles.